The molecule has 1 aliphatic rings. The van der Waals surface area contributed by atoms with Crippen molar-refractivity contribution >= 4 is 10.9 Å². The number of rotatable bonds is 8. The fourth-order valence-corrected chi connectivity index (χ4v) is 3.93. The average Bonchev–Trinajstić information content (AvgIpc) is 3.07. The van der Waals surface area contributed by atoms with Gasteiger partial charge < -0.3 is 14.6 Å². The minimum atomic E-state index is -0.329. The van der Waals surface area contributed by atoms with Crippen LogP contribution in [-0.2, 0) is 6.42 Å². The van der Waals surface area contributed by atoms with Gasteiger partial charge in [-0.1, -0.05) is 30.3 Å². The summed E-state index contributed by atoms with van der Waals surface area (Å²) in [5, 5.41) is 11.7. The van der Waals surface area contributed by atoms with Crippen molar-refractivity contribution in [3.05, 3.63) is 66.4 Å². The fraction of sp³-hybridized carbons (Fsp3) is 0.375. The predicted molar refractivity (Wildman–Crippen MR) is 114 cm³/mol. The van der Waals surface area contributed by atoms with Crippen molar-refractivity contribution in [2.45, 2.75) is 19.4 Å². The molecule has 29 heavy (non-hydrogen) atoms. The number of para-hydroxylation sites is 1. The number of hydrogen-bond donors (Lipinski definition) is 1. The maximum Gasteiger partial charge on any atom is 0.123 e. The molecule has 0 amide bonds. The molecule has 0 unspecified atom stereocenters. The lowest BCUT2D eigenvalue weighted by Crippen LogP contribution is -2.27. The number of aliphatic hydroxyl groups is 1. The number of likely N-dealkylation sites (tertiary alicyclic amines) is 1. The Labute approximate surface area is 171 Å². The van der Waals surface area contributed by atoms with E-state index in [4.69, 9.17) is 14.5 Å². The SMILES string of the molecule is CCOc1cccc(OCCN2C[C@@H](Cc3ccc4ccccc4n3)[C@H](O)C2)c1. The van der Waals surface area contributed by atoms with Gasteiger partial charge in [-0.25, -0.2) is 0 Å². The quantitative estimate of drug-likeness (QED) is 0.635. The normalized spacial score (nSPS) is 19.5. The van der Waals surface area contributed by atoms with Gasteiger partial charge in [0.05, 0.1) is 18.2 Å². The molecule has 0 saturated carbocycles. The number of aliphatic hydroxyl groups excluding tert-OH is 1. The van der Waals surface area contributed by atoms with Crippen molar-refractivity contribution in [2.24, 2.45) is 5.92 Å². The van der Waals surface area contributed by atoms with Gasteiger partial charge in [0.15, 0.2) is 0 Å². The third kappa shape index (κ3) is 5.05. The molecule has 2 aromatic carbocycles. The molecular weight excluding hydrogens is 364 g/mol. The topological polar surface area (TPSA) is 54.8 Å². The summed E-state index contributed by atoms with van der Waals surface area (Å²) in [5.41, 5.74) is 2.05. The van der Waals surface area contributed by atoms with Gasteiger partial charge in [0.2, 0.25) is 0 Å². The van der Waals surface area contributed by atoms with E-state index in [0.717, 1.165) is 47.6 Å². The minimum absolute atomic E-state index is 0.199. The number of pyridine rings is 1. The lowest BCUT2D eigenvalue weighted by molar-refractivity contribution is 0.139. The van der Waals surface area contributed by atoms with Gasteiger partial charge in [0.1, 0.15) is 18.1 Å². The van der Waals surface area contributed by atoms with Crippen LogP contribution in [0, 0.1) is 5.92 Å². The highest BCUT2D eigenvalue weighted by molar-refractivity contribution is 5.78. The van der Waals surface area contributed by atoms with E-state index in [2.05, 4.69) is 23.1 Å². The van der Waals surface area contributed by atoms with E-state index in [1.54, 1.807) is 0 Å². The highest BCUT2D eigenvalue weighted by atomic mass is 16.5. The summed E-state index contributed by atoms with van der Waals surface area (Å²) in [4.78, 5) is 7.02. The Hall–Kier alpha value is -2.63. The van der Waals surface area contributed by atoms with Gasteiger partial charge in [-0.15, -0.1) is 0 Å². The van der Waals surface area contributed by atoms with Crippen LogP contribution in [0.5, 0.6) is 11.5 Å². The zero-order valence-electron chi connectivity index (χ0n) is 16.8. The van der Waals surface area contributed by atoms with Crippen LogP contribution in [0.4, 0.5) is 0 Å². The Kier molecular flexibility index (Phi) is 6.27. The maximum atomic E-state index is 10.5. The minimum Gasteiger partial charge on any atom is -0.494 e. The zero-order valence-corrected chi connectivity index (χ0v) is 16.8. The number of ether oxygens (including phenoxy) is 2. The van der Waals surface area contributed by atoms with Crippen molar-refractivity contribution in [3.8, 4) is 11.5 Å². The highest BCUT2D eigenvalue weighted by Crippen LogP contribution is 2.23. The van der Waals surface area contributed by atoms with Crippen LogP contribution in [-0.4, -0.2) is 53.9 Å². The van der Waals surface area contributed by atoms with Crippen molar-refractivity contribution in [3.63, 3.8) is 0 Å². The third-order valence-electron chi connectivity index (χ3n) is 5.40. The molecule has 1 aromatic heterocycles. The Morgan fingerprint density at radius 2 is 1.83 bits per heavy atom. The highest BCUT2D eigenvalue weighted by Gasteiger charge is 2.31. The summed E-state index contributed by atoms with van der Waals surface area (Å²) in [5.74, 6) is 1.84. The third-order valence-corrected chi connectivity index (χ3v) is 5.40. The first-order valence-corrected chi connectivity index (χ1v) is 10.3. The van der Waals surface area contributed by atoms with Crippen LogP contribution in [0.1, 0.15) is 12.6 Å². The second-order valence-electron chi connectivity index (χ2n) is 7.54. The number of hydrogen-bond acceptors (Lipinski definition) is 5. The van der Waals surface area contributed by atoms with E-state index < -0.39 is 0 Å². The monoisotopic (exact) mass is 392 g/mol. The molecule has 1 saturated heterocycles. The van der Waals surface area contributed by atoms with Crippen LogP contribution >= 0.6 is 0 Å². The van der Waals surface area contributed by atoms with Crippen molar-refractivity contribution in [2.75, 3.05) is 32.8 Å². The molecule has 0 spiro atoms. The van der Waals surface area contributed by atoms with Gasteiger partial charge in [-0.05, 0) is 37.6 Å². The lowest BCUT2D eigenvalue weighted by atomic mass is 9.99. The molecule has 4 rings (SSSR count). The van der Waals surface area contributed by atoms with Crippen LogP contribution in [0.3, 0.4) is 0 Å². The van der Waals surface area contributed by atoms with Gasteiger partial charge in [0.25, 0.3) is 0 Å². The Morgan fingerprint density at radius 3 is 2.69 bits per heavy atom. The number of fused-ring (bicyclic) bond motifs is 1. The predicted octanol–water partition coefficient (Wildman–Crippen LogP) is 3.55. The second-order valence-corrected chi connectivity index (χ2v) is 7.54. The average molecular weight is 392 g/mol. The van der Waals surface area contributed by atoms with Gasteiger partial charge >= 0.3 is 0 Å². The van der Waals surface area contributed by atoms with Crippen molar-refractivity contribution in [1.82, 2.24) is 9.88 Å². The van der Waals surface area contributed by atoms with Crippen molar-refractivity contribution in [1.29, 1.82) is 0 Å². The Balaban J connectivity index is 1.28. The molecule has 1 N–H and O–H groups in total. The molecule has 1 fully saturated rings. The molecule has 1 aliphatic heterocycles. The van der Waals surface area contributed by atoms with Gasteiger partial charge in [0, 0.05) is 42.7 Å². The van der Waals surface area contributed by atoms with E-state index >= 15 is 0 Å². The molecule has 2 atom stereocenters. The van der Waals surface area contributed by atoms with Crippen LogP contribution in [0.15, 0.2) is 60.7 Å². The van der Waals surface area contributed by atoms with E-state index in [-0.39, 0.29) is 12.0 Å². The van der Waals surface area contributed by atoms with Gasteiger partial charge in [-0.3, -0.25) is 9.88 Å². The molecule has 152 valence electrons. The first-order valence-electron chi connectivity index (χ1n) is 10.3. The number of aromatic nitrogens is 1. The molecule has 3 aromatic rings. The summed E-state index contributed by atoms with van der Waals surface area (Å²) < 4.78 is 11.4. The summed E-state index contributed by atoms with van der Waals surface area (Å²) >= 11 is 0. The molecule has 0 bridgehead atoms. The molecule has 5 nitrogen and oxygen atoms in total. The maximum absolute atomic E-state index is 10.5. The number of benzene rings is 2. The molecule has 2 heterocycles. The van der Waals surface area contributed by atoms with Gasteiger partial charge in [-0.2, -0.15) is 0 Å². The van der Waals surface area contributed by atoms with E-state index in [0.29, 0.717) is 19.8 Å². The smallest absolute Gasteiger partial charge is 0.123 e. The first kappa shape index (κ1) is 19.7. The largest absolute Gasteiger partial charge is 0.494 e. The van der Waals surface area contributed by atoms with Crippen LogP contribution < -0.4 is 9.47 Å². The van der Waals surface area contributed by atoms with E-state index in [9.17, 15) is 5.11 Å². The van der Waals surface area contributed by atoms with Crippen LogP contribution in [0.2, 0.25) is 0 Å². The summed E-state index contributed by atoms with van der Waals surface area (Å²) in [6.45, 7) is 5.53. The molecule has 0 aliphatic carbocycles. The standard InChI is InChI=1S/C24H28N2O3/c1-2-28-21-7-5-8-22(15-21)29-13-12-26-16-19(24(27)17-26)14-20-11-10-18-6-3-4-9-23(18)25-20/h3-11,15,19,24,27H,2,12-14,16-17H2,1H3/t19-,24-/m1/s1. The number of nitrogens with zero attached hydrogens (tertiary/aromatic N) is 2. The fourth-order valence-electron chi connectivity index (χ4n) is 3.93. The second kappa shape index (κ2) is 9.25. The summed E-state index contributed by atoms with van der Waals surface area (Å²) in [7, 11) is 0. The first-order chi connectivity index (χ1) is 14.2. The summed E-state index contributed by atoms with van der Waals surface area (Å²) in [6.07, 6.45) is 0.462. The molecule has 5 heteroatoms. The van der Waals surface area contributed by atoms with Crippen LogP contribution in [0.25, 0.3) is 10.9 Å². The molecular formula is C24H28N2O3. The number of β-amino-alcohol motifs (C(OH)–C–C–N with tert-alkyl or cyclic N) is 1. The van der Waals surface area contributed by atoms with E-state index in [1.165, 1.54) is 0 Å². The lowest BCUT2D eigenvalue weighted by Gasteiger charge is -2.16. The van der Waals surface area contributed by atoms with E-state index in [1.807, 2.05) is 49.4 Å². The Bertz CT molecular complexity index is 946. The molecule has 0 radical (unpaired) electrons. The van der Waals surface area contributed by atoms with Crippen molar-refractivity contribution < 1.29 is 14.6 Å². The Morgan fingerprint density at radius 1 is 1.00 bits per heavy atom. The summed E-state index contributed by atoms with van der Waals surface area (Å²) in [6, 6.07) is 20.0. The zero-order chi connectivity index (χ0) is 20.1.